The van der Waals surface area contributed by atoms with E-state index in [4.69, 9.17) is 22.4 Å². The molecule has 166 valence electrons. The number of amidine groups is 1. The lowest BCUT2D eigenvalue weighted by Gasteiger charge is -2.28. The van der Waals surface area contributed by atoms with E-state index < -0.39 is 5.91 Å². The van der Waals surface area contributed by atoms with Gasteiger partial charge < -0.3 is 9.80 Å². The number of hydrogen-bond acceptors (Lipinski definition) is 4. The van der Waals surface area contributed by atoms with E-state index in [0.29, 0.717) is 16.7 Å². The first-order valence-corrected chi connectivity index (χ1v) is 11.6. The second-order valence-corrected chi connectivity index (χ2v) is 9.27. The summed E-state index contributed by atoms with van der Waals surface area (Å²) in [6.07, 6.45) is 4.93. The Bertz CT molecular complexity index is 935. The molecule has 0 radical (unpaired) electrons. The Hall–Kier alpha value is -2.31. The van der Waals surface area contributed by atoms with Crippen molar-refractivity contribution < 1.29 is 4.79 Å². The maximum absolute atomic E-state index is 12.9. The fourth-order valence-electron chi connectivity index (χ4n) is 3.42. The van der Waals surface area contributed by atoms with E-state index in [1.165, 1.54) is 38.9 Å². The fraction of sp³-hybridized carbons (Fsp3) is 0.375. The number of carbonyl (C=O) groups excluding carboxylic acids is 1. The van der Waals surface area contributed by atoms with Gasteiger partial charge in [0.1, 0.15) is 0 Å². The van der Waals surface area contributed by atoms with Gasteiger partial charge in [-0.15, -0.1) is 11.8 Å². The van der Waals surface area contributed by atoms with Gasteiger partial charge in [-0.2, -0.15) is 0 Å². The summed E-state index contributed by atoms with van der Waals surface area (Å²) < 4.78 is 0. The Morgan fingerprint density at radius 3 is 2.65 bits per heavy atom. The van der Waals surface area contributed by atoms with Gasteiger partial charge in [0.15, 0.2) is 5.84 Å². The standard InChI is InChI=1S/C24H31ClN4OS/c1-6-29(14-22(26)31-15-18-10-7-8-11-19(18)16(2)3)23(27)24(30)28(5)21-13-9-12-20(25)17(21)4/h6-8,10-11,13,16,26-27H,1,9,12,14-15H2,2-5H3. The molecule has 0 saturated heterocycles. The first kappa shape index (κ1) is 25.0. The number of likely N-dealkylation sites (N-methyl/N-ethyl adjacent to an activating group) is 1. The Morgan fingerprint density at radius 1 is 1.32 bits per heavy atom. The molecular weight excluding hydrogens is 428 g/mol. The molecular formula is C24H31ClN4OS. The molecule has 0 heterocycles. The molecule has 1 aliphatic rings. The van der Waals surface area contributed by atoms with Gasteiger partial charge in [0, 0.05) is 23.5 Å². The molecule has 7 heteroatoms. The minimum Gasteiger partial charge on any atom is -0.323 e. The average Bonchev–Trinajstić information content (AvgIpc) is 2.76. The van der Waals surface area contributed by atoms with Crippen LogP contribution in [-0.2, 0) is 10.5 Å². The summed E-state index contributed by atoms with van der Waals surface area (Å²) in [6, 6.07) is 8.24. The first-order valence-electron chi connectivity index (χ1n) is 10.3. The SMILES string of the molecule is C=CN(CC(=N)SCc1ccccc1C(C)C)C(=N)C(=O)N(C)C1=CCCC(Cl)=C1C. The largest absolute Gasteiger partial charge is 0.323 e. The van der Waals surface area contributed by atoms with Crippen LogP contribution < -0.4 is 0 Å². The van der Waals surface area contributed by atoms with Gasteiger partial charge in [0.2, 0.25) is 0 Å². The van der Waals surface area contributed by atoms with Crippen LogP contribution in [0, 0.1) is 10.8 Å². The zero-order chi connectivity index (χ0) is 23.1. The Kier molecular flexibility index (Phi) is 9.14. The summed E-state index contributed by atoms with van der Waals surface area (Å²) in [5.74, 6) is 0.409. The van der Waals surface area contributed by atoms with Crippen molar-refractivity contribution in [1.29, 1.82) is 10.8 Å². The van der Waals surface area contributed by atoms with Gasteiger partial charge in [0.05, 0.1) is 11.6 Å². The molecule has 1 aliphatic carbocycles. The second-order valence-electron chi connectivity index (χ2n) is 7.75. The number of hydrogen-bond donors (Lipinski definition) is 2. The highest BCUT2D eigenvalue weighted by Gasteiger charge is 2.25. The lowest BCUT2D eigenvalue weighted by Crippen LogP contribution is -2.42. The molecule has 0 bridgehead atoms. The van der Waals surface area contributed by atoms with Crippen LogP contribution in [0.5, 0.6) is 0 Å². The third-order valence-electron chi connectivity index (χ3n) is 5.26. The summed E-state index contributed by atoms with van der Waals surface area (Å²) in [5, 5.41) is 17.8. The predicted octanol–water partition coefficient (Wildman–Crippen LogP) is 6.09. The summed E-state index contributed by atoms with van der Waals surface area (Å²) in [4.78, 5) is 15.8. The maximum Gasteiger partial charge on any atom is 0.293 e. The zero-order valence-electron chi connectivity index (χ0n) is 18.7. The second kappa shape index (κ2) is 11.3. The molecule has 1 aromatic rings. The number of thioether (sulfide) groups is 1. The Balaban J connectivity index is 2.01. The average molecular weight is 459 g/mol. The van der Waals surface area contributed by atoms with Crippen LogP contribution in [0.1, 0.15) is 50.7 Å². The third kappa shape index (κ3) is 6.34. The normalized spacial score (nSPS) is 13.7. The molecule has 0 unspecified atom stereocenters. The van der Waals surface area contributed by atoms with E-state index in [0.717, 1.165) is 29.1 Å². The molecule has 0 aliphatic heterocycles. The lowest BCUT2D eigenvalue weighted by molar-refractivity contribution is -0.121. The van der Waals surface area contributed by atoms with Crippen molar-refractivity contribution in [3.8, 4) is 0 Å². The van der Waals surface area contributed by atoms with Gasteiger partial charge in [-0.25, -0.2) is 0 Å². The highest BCUT2D eigenvalue weighted by atomic mass is 35.5. The number of nitrogens with zero attached hydrogens (tertiary/aromatic N) is 2. The summed E-state index contributed by atoms with van der Waals surface area (Å²) in [7, 11) is 1.64. The molecule has 2 N–H and O–H groups in total. The number of benzene rings is 1. The highest BCUT2D eigenvalue weighted by Crippen LogP contribution is 2.29. The van der Waals surface area contributed by atoms with Gasteiger partial charge >= 0.3 is 0 Å². The molecule has 2 rings (SSSR count). The van der Waals surface area contributed by atoms with Gasteiger partial charge in [-0.05, 0) is 48.6 Å². The fourth-order valence-corrected chi connectivity index (χ4v) is 4.45. The number of allylic oxidation sites excluding steroid dienone is 3. The summed E-state index contributed by atoms with van der Waals surface area (Å²) in [5.41, 5.74) is 4.06. The minimum absolute atomic E-state index is 0.130. The van der Waals surface area contributed by atoms with Crippen LogP contribution in [0.15, 0.2) is 59.4 Å². The van der Waals surface area contributed by atoms with Crippen molar-refractivity contribution in [2.45, 2.75) is 45.3 Å². The Morgan fingerprint density at radius 2 is 2.00 bits per heavy atom. The first-order chi connectivity index (χ1) is 14.7. The van der Waals surface area contributed by atoms with E-state index in [-0.39, 0.29) is 12.4 Å². The number of nitrogens with one attached hydrogen (secondary N) is 2. The Labute approximate surface area is 194 Å². The monoisotopic (exact) mass is 458 g/mol. The van der Waals surface area contributed by atoms with Crippen molar-refractivity contribution in [3.05, 3.63) is 70.5 Å². The topological polar surface area (TPSA) is 71.2 Å². The molecule has 1 amide bonds. The molecule has 1 aromatic carbocycles. The van der Waals surface area contributed by atoms with Crippen LogP contribution in [-0.4, -0.2) is 40.2 Å². The third-order valence-corrected chi connectivity index (χ3v) is 6.67. The number of amides is 1. The maximum atomic E-state index is 12.9. The molecule has 0 atom stereocenters. The lowest BCUT2D eigenvalue weighted by atomic mass is 9.98. The van der Waals surface area contributed by atoms with Gasteiger partial charge in [-0.1, -0.05) is 62.4 Å². The quantitative estimate of drug-likeness (QED) is 0.383. The van der Waals surface area contributed by atoms with E-state index in [9.17, 15) is 4.79 Å². The molecule has 0 fully saturated rings. The summed E-state index contributed by atoms with van der Waals surface area (Å²) >= 11 is 7.66. The van der Waals surface area contributed by atoms with E-state index in [2.05, 4.69) is 32.6 Å². The van der Waals surface area contributed by atoms with Crippen LogP contribution >= 0.6 is 23.4 Å². The molecule has 5 nitrogen and oxygen atoms in total. The van der Waals surface area contributed by atoms with E-state index >= 15 is 0 Å². The van der Waals surface area contributed by atoms with Crippen molar-refractivity contribution in [1.82, 2.24) is 9.80 Å². The summed E-state index contributed by atoms with van der Waals surface area (Å²) in [6.45, 7) is 10.1. The number of rotatable bonds is 7. The molecule has 0 aromatic heterocycles. The highest BCUT2D eigenvalue weighted by molar-refractivity contribution is 8.13. The van der Waals surface area contributed by atoms with E-state index in [1.54, 1.807) is 7.05 Å². The van der Waals surface area contributed by atoms with Crippen LogP contribution in [0.25, 0.3) is 0 Å². The predicted molar refractivity (Wildman–Crippen MR) is 133 cm³/mol. The van der Waals surface area contributed by atoms with Crippen LogP contribution in [0.2, 0.25) is 0 Å². The number of halogens is 1. The van der Waals surface area contributed by atoms with Crippen LogP contribution in [0.4, 0.5) is 0 Å². The smallest absolute Gasteiger partial charge is 0.293 e. The molecule has 31 heavy (non-hydrogen) atoms. The van der Waals surface area contributed by atoms with Crippen molar-refractivity contribution in [2.75, 3.05) is 13.6 Å². The molecule has 0 saturated carbocycles. The molecule has 0 spiro atoms. The van der Waals surface area contributed by atoms with Crippen LogP contribution in [0.3, 0.4) is 0 Å². The van der Waals surface area contributed by atoms with Crippen molar-refractivity contribution in [2.24, 2.45) is 0 Å². The van der Waals surface area contributed by atoms with E-state index in [1.807, 2.05) is 25.1 Å². The minimum atomic E-state index is -0.458. The van der Waals surface area contributed by atoms with Crippen molar-refractivity contribution >= 4 is 40.1 Å². The number of carbonyl (C=O) groups is 1. The van der Waals surface area contributed by atoms with Gasteiger partial charge in [0.25, 0.3) is 5.91 Å². The zero-order valence-corrected chi connectivity index (χ0v) is 20.2. The van der Waals surface area contributed by atoms with Gasteiger partial charge in [-0.3, -0.25) is 15.6 Å². The van der Waals surface area contributed by atoms with Crippen molar-refractivity contribution in [3.63, 3.8) is 0 Å².